The second-order valence-corrected chi connectivity index (χ2v) is 8.30. The van der Waals surface area contributed by atoms with Gasteiger partial charge in [-0.25, -0.2) is 9.48 Å². The highest BCUT2D eigenvalue weighted by Gasteiger charge is 2.34. The van der Waals surface area contributed by atoms with Crippen molar-refractivity contribution < 1.29 is 19.1 Å². The van der Waals surface area contributed by atoms with E-state index in [0.29, 0.717) is 43.6 Å². The van der Waals surface area contributed by atoms with Crippen LogP contribution in [-0.2, 0) is 9.53 Å². The predicted molar refractivity (Wildman–Crippen MR) is 128 cm³/mol. The van der Waals surface area contributed by atoms with Gasteiger partial charge in [-0.3, -0.25) is 9.69 Å². The molecular weight excluding hydrogens is 456 g/mol. The topological polar surface area (TPSA) is 76.9 Å². The Morgan fingerprint density at radius 1 is 1.03 bits per heavy atom. The zero-order valence-electron chi connectivity index (χ0n) is 19.2. The Morgan fingerprint density at radius 2 is 1.71 bits per heavy atom. The lowest BCUT2D eigenvalue weighted by molar-refractivity contribution is -0.150. The van der Waals surface area contributed by atoms with Gasteiger partial charge in [0.25, 0.3) is 5.91 Å². The molecule has 1 fully saturated rings. The first-order chi connectivity index (χ1) is 16.5. The molecule has 178 valence electrons. The molecular formula is C25H27ClN4O4. The monoisotopic (exact) mass is 482 g/mol. The maximum Gasteiger partial charge on any atom is 0.328 e. The number of methoxy groups -OCH3 is 1. The second-order valence-electron chi connectivity index (χ2n) is 7.86. The fourth-order valence-corrected chi connectivity index (χ4v) is 4.19. The zero-order chi connectivity index (χ0) is 24.1. The van der Waals surface area contributed by atoms with Crippen LogP contribution in [0.5, 0.6) is 5.75 Å². The number of carbonyl (C=O) groups excluding carboxylic acids is 2. The molecule has 0 spiro atoms. The Bertz CT molecular complexity index is 1130. The van der Waals surface area contributed by atoms with E-state index in [2.05, 4.69) is 5.10 Å². The molecule has 0 aliphatic carbocycles. The van der Waals surface area contributed by atoms with Gasteiger partial charge in [-0.15, -0.1) is 0 Å². The molecule has 0 unspecified atom stereocenters. The average molecular weight is 483 g/mol. The number of halogens is 1. The minimum atomic E-state index is -0.554. The number of benzene rings is 2. The first-order valence-corrected chi connectivity index (χ1v) is 11.5. The van der Waals surface area contributed by atoms with E-state index >= 15 is 0 Å². The number of piperazine rings is 1. The lowest BCUT2D eigenvalue weighted by Gasteiger charge is -2.38. The SMILES string of the molecule is CCOC(=O)[C@@H](c1ccc(Cl)cc1)N1CCN(C(=O)c2nn(-c3ccccc3)cc2OC)CC1. The Balaban J connectivity index is 1.49. The van der Waals surface area contributed by atoms with Crippen molar-refractivity contribution in [2.24, 2.45) is 0 Å². The van der Waals surface area contributed by atoms with Crippen LogP contribution in [0.1, 0.15) is 29.0 Å². The van der Waals surface area contributed by atoms with Gasteiger partial charge < -0.3 is 14.4 Å². The van der Waals surface area contributed by atoms with Crippen LogP contribution in [0.4, 0.5) is 0 Å². The van der Waals surface area contributed by atoms with E-state index in [4.69, 9.17) is 21.1 Å². The highest BCUT2D eigenvalue weighted by molar-refractivity contribution is 6.30. The van der Waals surface area contributed by atoms with E-state index in [9.17, 15) is 9.59 Å². The molecule has 34 heavy (non-hydrogen) atoms. The first-order valence-electron chi connectivity index (χ1n) is 11.2. The first kappa shape index (κ1) is 23.8. The summed E-state index contributed by atoms with van der Waals surface area (Å²) in [7, 11) is 1.52. The van der Waals surface area contributed by atoms with Crippen molar-refractivity contribution >= 4 is 23.5 Å². The standard InChI is InChI=1S/C25H27ClN4O4/c1-3-34-25(32)23(18-9-11-19(26)12-10-18)28-13-15-29(16-14-28)24(31)22-21(33-2)17-30(27-22)20-7-5-4-6-8-20/h4-12,17,23H,3,13-16H2,1-2H3/t23-/m1/s1. The van der Waals surface area contributed by atoms with E-state index < -0.39 is 6.04 Å². The molecule has 1 aliphatic rings. The molecule has 1 aliphatic heterocycles. The summed E-state index contributed by atoms with van der Waals surface area (Å²) in [6.07, 6.45) is 1.70. The zero-order valence-corrected chi connectivity index (χ0v) is 19.9. The third-order valence-corrected chi connectivity index (χ3v) is 6.04. The van der Waals surface area contributed by atoms with Crippen LogP contribution in [-0.4, -0.2) is 71.4 Å². The summed E-state index contributed by atoms with van der Waals surface area (Å²) in [5.74, 6) is -0.0971. The van der Waals surface area contributed by atoms with Crippen LogP contribution in [0, 0.1) is 0 Å². The third-order valence-electron chi connectivity index (χ3n) is 5.79. The molecule has 2 heterocycles. The largest absolute Gasteiger partial charge is 0.493 e. The van der Waals surface area contributed by atoms with Gasteiger partial charge in [0.1, 0.15) is 6.04 Å². The highest BCUT2D eigenvalue weighted by Crippen LogP contribution is 2.27. The van der Waals surface area contributed by atoms with Crippen molar-refractivity contribution in [2.75, 3.05) is 39.9 Å². The minimum absolute atomic E-state index is 0.203. The van der Waals surface area contributed by atoms with E-state index in [-0.39, 0.29) is 17.6 Å². The fourth-order valence-electron chi connectivity index (χ4n) is 4.06. The van der Waals surface area contributed by atoms with Crippen LogP contribution in [0.3, 0.4) is 0 Å². The number of nitrogens with zero attached hydrogens (tertiary/aromatic N) is 4. The predicted octanol–water partition coefficient (Wildman–Crippen LogP) is 3.60. The average Bonchev–Trinajstić information content (AvgIpc) is 3.31. The van der Waals surface area contributed by atoms with Crippen molar-refractivity contribution in [3.63, 3.8) is 0 Å². The maximum atomic E-state index is 13.3. The summed E-state index contributed by atoms with van der Waals surface area (Å²) in [5, 5.41) is 5.09. The molecule has 4 rings (SSSR count). The molecule has 3 aromatic rings. The Morgan fingerprint density at radius 3 is 2.32 bits per heavy atom. The smallest absolute Gasteiger partial charge is 0.328 e. The summed E-state index contributed by atoms with van der Waals surface area (Å²) in [5.41, 5.74) is 1.91. The third kappa shape index (κ3) is 5.08. The van der Waals surface area contributed by atoms with Crippen molar-refractivity contribution in [2.45, 2.75) is 13.0 Å². The lowest BCUT2D eigenvalue weighted by Crippen LogP contribution is -2.51. The lowest BCUT2D eigenvalue weighted by atomic mass is 10.0. The number of carbonyl (C=O) groups is 2. The van der Waals surface area contributed by atoms with Gasteiger partial charge in [0.05, 0.1) is 25.6 Å². The number of esters is 1. The number of ether oxygens (including phenoxy) is 2. The van der Waals surface area contributed by atoms with Crippen LogP contribution in [0.25, 0.3) is 5.69 Å². The number of para-hydroxylation sites is 1. The van der Waals surface area contributed by atoms with Gasteiger partial charge in [-0.05, 0) is 36.8 Å². The molecule has 9 heteroatoms. The summed E-state index contributed by atoms with van der Waals surface area (Å²) in [6, 6.07) is 16.2. The van der Waals surface area contributed by atoms with Gasteiger partial charge >= 0.3 is 5.97 Å². The fraction of sp³-hybridized carbons (Fsp3) is 0.320. The molecule has 8 nitrogen and oxygen atoms in total. The Labute approximate surface area is 203 Å². The highest BCUT2D eigenvalue weighted by atomic mass is 35.5. The molecule has 1 saturated heterocycles. The van der Waals surface area contributed by atoms with E-state index in [0.717, 1.165) is 11.3 Å². The van der Waals surface area contributed by atoms with Crippen LogP contribution < -0.4 is 4.74 Å². The summed E-state index contributed by atoms with van der Waals surface area (Å²) in [4.78, 5) is 29.8. The van der Waals surface area contributed by atoms with E-state index in [1.54, 1.807) is 34.8 Å². The van der Waals surface area contributed by atoms with Gasteiger partial charge in [-0.1, -0.05) is 41.9 Å². The molecule has 0 saturated carbocycles. The number of aromatic nitrogens is 2. The van der Waals surface area contributed by atoms with Gasteiger partial charge in [0.2, 0.25) is 0 Å². The normalized spacial score (nSPS) is 15.1. The summed E-state index contributed by atoms with van der Waals surface area (Å²) >= 11 is 6.03. The summed E-state index contributed by atoms with van der Waals surface area (Å²) in [6.45, 7) is 4.01. The number of amides is 1. The number of rotatable bonds is 7. The maximum absolute atomic E-state index is 13.3. The van der Waals surface area contributed by atoms with Gasteiger partial charge in [-0.2, -0.15) is 5.10 Å². The van der Waals surface area contributed by atoms with Crippen molar-refractivity contribution in [1.82, 2.24) is 19.6 Å². The van der Waals surface area contributed by atoms with Crippen LogP contribution in [0.15, 0.2) is 60.8 Å². The van der Waals surface area contributed by atoms with Crippen molar-refractivity contribution in [3.8, 4) is 11.4 Å². The van der Waals surface area contributed by atoms with E-state index in [1.807, 2.05) is 47.4 Å². The molecule has 2 aromatic carbocycles. The Hall–Kier alpha value is -3.36. The quantitative estimate of drug-likeness (QED) is 0.479. The van der Waals surface area contributed by atoms with Crippen LogP contribution >= 0.6 is 11.6 Å². The van der Waals surface area contributed by atoms with E-state index in [1.165, 1.54) is 7.11 Å². The van der Waals surface area contributed by atoms with Crippen molar-refractivity contribution in [1.29, 1.82) is 0 Å². The number of hydrogen-bond donors (Lipinski definition) is 0. The Kier molecular flexibility index (Phi) is 7.49. The molecule has 1 aromatic heterocycles. The second kappa shape index (κ2) is 10.7. The van der Waals surface area contributed by atoms with Gasteiger partial charge in [0.15, 0.2) is 11.4 Å². The van der Waals surface area contributed by atoms with Gasteiger partial charge in [0, 0.05) is 31.2 Å². The minimum Gasteiger partial charge on any atom is -0.493 e. The molecule has 0 bridgehead atoms. The molecule has 0 N–H and O–H groups in total. The number of hydrogen-bond acceptors (Lipinski definition) is 6. The van der Waals surface area contributed by atoms with Crippen molar-refractivity contribution in [3.05, 3.63) is 77.1 Å². The molecule has 1 atom stereocenters. The molecule has 0 radical (unpaired) electrons. The summed E-state index contributed by atoms with van der Waals surface area (Å²) < 4.78 is 12.4. The molecule has 1 amide bonds. The van der Waals surface area contributed by atoms with Crippen LogP contribution in [0.2, 0.25) is 5.02 Å².